The van der Waals surface area contributed by atoms with E-state index >= 15 is 0 Å². The van der Waals surface area contributed by atoms with Crippen molar-refractivity contribution in [3.63, 3.8) is 0 Å². The largest absolute Gasteiger partial charge is 0.494 e. The second kappa shape index (κ2) is 8.71. The minimum Gasteiger partial charge on any atom is -0.494 e. The van der Waals surface area contributed by atoms with Crippen LogP contribution in [0.15, 0.2) is 72.1 Å². The number of nitrogens with zero attached hydrogens (tertiary/aromatic N) is 3. The summed E-state index contributed by atoms with van der Waals surface area (Å²) in [5.41, 5.74) is 3.92. The van der Waals surface area contributed by atoms with Gasteiger partial charge in [0.2, 0.25) is 0 Å². The lowest BCUT2D eigenvalue weighted by Crippen LogP contribution is -2.08. The van der Waals surface area contributed by atoms with E-state index in [1.807, 2.05) is 56.3 Å². The molecular weight excluding hydrogens is 394 g/mol. The lowest BCUT2D eigenvalue weighted by molar-refractivity contribution is -0.116. The van der Waals surface area contributed by atoms with Gasteiger partial charge in [-0.05, 0) is 50.6 Å². The van der Waals surface area contributed by atoms with Crippen molar-refractivity contribution in [2.45, 2.75) is 31.0 Å². The zero-order valence-electron chi connectivity index (χ0n) is 17.2. The van der Waals surface area contributed by atoms with Crippen molar-refractivity contribution in [3.8, 4) is 22.6 Å². The molecule has 0 amide bonds. The molecule has 0 N–H and O–H groups in total. The number of thioether (sulfide) groups is 1. The Morgan fingerprint density at radius 2 is 1.83 bits per heavy atom. The SMILES string of the molecule is CCOc1ccc(-n2cc(-c3ccccc3)c3c(S[C@@H](C)C(C)=O)ncnc32)cc1. The van der Waals surface area contributed by atoms with Gasteiger partial charge in [0.1, 0.15) is 28.5 Å². The summed E-state index contributed by atoms with van der Waals surface area (Å²) in [6.07, 6.45) is 3.66. The number of rotatable bonds is 7. The van der Waals surface area contributed by atoms with Crippen molar-refractivity contribution < 1.29 is 9.53 Å². The smallest absolute Gasteiger partial charge is 0.149 e. The summed E-state index contributed by atoms with van der Waals surface area (Å²) in [4.78, 5) is 21.0. The van der Waals surface area contributed by atoms with Gasteiger partial charge in [-0.15, -0.1) is 0 Å². The molecule has 2 heterocycles. The highest BCUT2D eigenvalue weighted by Crippen LogP contribution is 2.38. The van der Waals surface area contributed by atoms with Crippen LogP contribution in [0.1, 0.15) is 20.8 Å². The molecule has 0 bridgehead atoms. The van der Waals surface area contributed by atoms with E-state index in [-0.39, 0.29) is 11.0 Å². The van der Waals surface area contributed by atoms with Gasteiger partial charge in [0.05, 0.1) is 17.2 Å². The van der Waals surface area contributed by atoms with Crippen LogP contribution in [0, 0.1) is 0 Å². The number of ether oxygens (including phenoxy) is 1. The third kappa shape index (κ3) is 3.96. The van der Waals surface area contributed by atoms with Gasteiger partial charge in [-0.3, -0.25) is 4.79 Å². The van der Waals surface area contributed by atoms with E-state index in [1.165, 1.54) is 11.8 Å². The lowest BCUT2D eigenvalue weighted by atomic mass is 10.1. The fourth-order valence-corrected chi connectivity index (χ4v) is 4.20. The Bertz CT molecular complexity index is 1170. The molecule has 0 aliphatic carbocycles. The van der Waals surface area contributed by atoms with E-state index in [2.05, 4.69) is 32.9 Å². The maximum Gasteiger partial charge on any atom is 0.149 e. The zero-order chi connectivity index (χ0) is 21.1. The predicted octanol–water partition coefficient (Wildman–Crippen LogP) is 5.56. The number of fused-ring (bicyclic) bond motifs is 1. The molecule has 1 atom stereocenters. The van der Waals surface area contributed by atoms with Gasteiger partial charge in [-0.1, -0.05) is 42.1 Å². The molecule has 0 spiro atoms. The van der Waals surface area contributed by atoms with E-state index in [0.717, 1.165) is 38.6 Å². The Morgan fingerprint density at radius 3 is 2.50 bits per heavy atom. The summed E-state index contributed by atoms with van der Waals surface area (Å²) in [5, 5.41) is 1.59. The summed E-state index contributed by atoms with van der Waals surface area (Å²) in [6.45, 7) is 6.12. The average molecular weight is 418 g/mol. The van der Waals surface area contributed by atoms with Crippen LogP contribution in [-0.2, 0) is 4.79 Å². The molecule has 0 saturated carbocycles. The molecule has 5 nitrogen and oxygen atoms in total. The summed E-state index contributed by atoms with van der Waals surface area (Å²) in [7, 11) is 0. The van der Waals surface area contributed by atoms with Gasteiger partial charge in [-0.25, -0.2) is 9.97 Å². The average Bonchev–Trinajstić information content (AvgIpc) is 3.16. The first-order chi connectivity index (χ1) is 14.6. The van der Waals surface area contributed by atoms with E-state index in [0.29, 0.717) is 6.61 Å². The van der Waals surface area contributed by atoms with Crippen LogP contribution < -0.4 is 4.74 Å². The summed E-state index contributed by atoms with van der Waals surface area (Å²) < 4.78 is 7.64. The van der Waals surface area contributed by atoms with Gasteiger partial charge >= 0.3 is 0 Å². The Balaban J connectivity index is 1.91. The van der Waals surface area contributed by atoms with Crippen LogP contribution in [0.5, 0.6) is 5.75 Å². The van der Waals surface area contributed by atoms with Crippen LogP contribution in [0.3, 0.4) is 0 Å². The molecule has 152 valence electrons. The number of hydrogen-bond donors (Lipinski definition) is 0. The van der Waals surface area contributed by atoms with E-state index in [9.17, 15) is 4.79 Å². The Morgan fingerprint density at radius 1 is 1.10 bits per heavy atom. The molecule has 30 heavy (non-hydrogen) atoms. The topological polar surface area (TPSA) is 57.0 Å². The first-order valence-corrected chi connectivity index (χ1v) is 10.8. The molecule has 6 heteroatoms. The first kappa shape index (κ1) is 20.2. The highest BCUT2D eigenvalue weighted by atomic mass is 32.2. The van der Waals surface area contributed by atoms with Crippen molar-refractivity contribution in [2.75, 3.05) is 6.61 Å². The maximum atomic E-state index is 11.9. The van der Waals surface area contributed by atoms with Gasteiger partial charge in [0.15, 0.2) is 0 Å². The third-order valence-electron chi connectivity index (χ3n) is 4.92. The van der Waals surface area contributed by atoms with Crippen molar-refractivity contribution >= 4 is 28.6 Å². The normalized spacial score (nSPS) is 12.1. The quantitative estimate of drug-likeness (QED) is 0.291. The van der Waals surface area contributed by atoms with Crippen LogP contribution in [-0.4, -0.2) is 32.2 Å². The molecule has 0 unspecified atom stereocenters. The maximum absolute atomic E-state index is 11.9. The highest BCUT2D eigenvalue weighted by molar-refractivity contribution is 8.00. The number of benzene rings is 2. The predicted molar refractivity (Wildman–Crippen MR) is 121 cm³/mol. The third-order valence-corrected chi connectivity index (χ3v) is 6.14. The summed E-state index contributed by atoms with van der Waals surface area (Å²) >= 11 is 1.47. The van der Waals surface area contributed by atoms with Gasteiger partial charge in [0.25, 0.3) is 0 Å². The number of hydrogen-bond acceptors (Lipinski definition) is 5. The van der Waals surface area contributed by atoms with E-state index in [4.69, 9.17) is 4.74 Å². The lowest BCUT2D eigenvalue weighted by Gasteiger charge is -2.09. The highest BCUT2D eigenvalue weighted by Gasteiger charge is 2.20. The van der Waals surface area contributed by atoms with E-state index < -0.39 is 0 Å². The second-order valence-electron chi connectivity index (χ2n) is 6.95. The molecular formula is C24H23N3O2S. The van der Waals surface area contributed by atoms with Crippen LogP contribution in [0.25, 0.3) is 27.8 Å². The Kier molecular flexibility index (Phi) is 5.86. The first-order valence-electron chi connectivity index (χ1n) is 9.90. The molecule has 0 aliphatic heterocycles. The molecule has 0 saturated heterocycles. The molecule has 2 aromatic carbocycles. The summed E-state index contributed by atoms with van der Waals surface area (Å²) in [6, 6.07) is 18.1. The summed E-state index contributed by atoms with van der Waals surface area (Å²) in [5.74, 6) is 0.959. The fraction of sp³-hybridized carbons (Fsp3) is 0.208. The monoisotopic (exact) mass is 417 g/mol. The number of ketones is 1. The van der Waals surface area contributed by atoms with Gasteiger partial charge in [0, 0.05) is 17.4 Å². The molecule has 0 radical (unpaired) electrons. The molecule has 4 aromatic rings. The van der Waals surface area contributed by atoms with E-state index in [1.54, 1.807) is 13.3 Å². The van der Waals surface area contributed by atoms with Crippen LogP contribution in [0.4, 0.5) is 0 Å². The number of carbonyl (C=O) groups excluding carboxylic acids is 1. The molecule has 0 fully saturated rings. The molecule has 0 aliphatic rings. The van der Waals surface area contributed by atoms with Gasteiger partial charge in [-0.2, -0.15) is 0 Å². The van der Waals surface area contributed by atoms with Crippen molar-refractivity contribution in [2.24, 2.45) is 0 Å². The van der Waals surface area contributed by atoms with Crippen LogP contribution in [0.2, 0.25) is 0 Å². The minimum absolute atomic E-state index is 0.124. The second-order valence-corrected chi connectivity index (χ2v) is 8.28. The molecule has 2 aromatic heterocycles. The molecule has 4 rings (SSSR count). The Hall–Kier alpha value is -3.12. The fourth-order valence-electron chi connectivity index (χ4n) is 3.28. The Labute approximate surface area is 180 Å². The van der Waals surface area contributed by atoms with Crippen molar-refractivity contribution in [1.82, 2.24) is 14.5 Å². The zero-order valence-corrected chi connectivity index (χ0v) is 18.0. The minimum atomic E-state index is -0.180. The number of Topliss-reactive ketones (excluding diaryl/α,β-unsaturated/α-hetero) is 1. The van der Waals surface area contributed by atoms with Crippen LogP contribution >= 0.6 is 11.8 Å². The number of aromatic nitrogens is 3. The van der Waals surface area contributed by atoms with Crippen molar-refractivity contribution in [3.05, 3.63) is 67.1 Å². The van der Waals surface area contributed by atoms with Crippen molar-refractivity contribution in [1.29, 1.82) is 0 Å². The standard InChI is InChI=1S/C24H23N3O2S/c1-4-29-20-12-10-19(11-13-20)27-14-21(18-8-6-5-7-9-18)22-23(27)25-15-26-24(22)30-17(3)16(2)28/h5-15,17H,4H2,1-3H3/t17-/m0/s1. The number of carbonyl (C=O) groups is 1. The van der Waals surface area contributed by atoms with Gasteiger partial charge < -0.3 is 9.30 Å².